The van der Waals surface area contributed by atoms with E-state index >= 15 is 0 Å². The first-order chi connectivity index (χ1) is 12.9. The standard InChI is InChI=1S/C17H16F2N6OS/c1-21-5-8-2-9(6-22-13(8)20)14-23-7-11-15(25-14)27-16(24-11)17(26)3-10(4-17)12(18)19/h2,5-7,10,12,26H,3-4H2,1H3,(H2,20,22). The van der Waals surface area contributed by atoms with Crippen LogP contribution in [0.15, 0.2) is 23.5 Å². The van der Waals surface area contributed by atoms with Gasteiger partial charge in [0.2, 0.25) is 6.43 Å². The zero-order valence-corrected chi connectivity index (χ0v) is 15.1. The van der Waals surface area contributed by atoms with Crippen LogP contribution in [0.25, 0.3) is 21.7 Å². The summed E-state index contributed by atoms with van der Waals surface area (Å²) in [6, 6.07) is 1.78. The Labute approximate surface area is 157 Å². The maximum Gasteiger partial charge on any atom is 0.241 e. The van der Waals surface area contributed by atoms with Crippen molar-refractivity contribution in [2.75, 3.05) is 12.8 Å². The molecular weight excluding hydrogens is 374 g/mol. The normalized spacial score (nSPS) is 22.6. The molecular formula is C17H16F2N6OS. The Hall–Kier alpha value is -2.59. The second-order valence-electron chi connectivity index (χ2n) is 6.52. The van der Waals surface area contributed by atoms with E-state index in [9.17, 15) is 13.9 Å². The van der Waals surface area contributed by atoms with Gasteiger partial charge < -0.3 is 10.8 Å². The van der Waals surface area contributed by atoms with E-state index in [1.165, 1.54) is 11.3 Å². The lowest BCUT2D eigenvalue weighted by atomic mass is 9.71. The lowest BCUT2D eigenvalue weighted by Gasteiger charge is -2.41. The highest BCUT2D eigenvalue weighted by atomic mass is 32.1. The van der Waals surface area contributed by atoms with Crippen molar-refractivity contribution in [1.82, 2.24) is 19.9 Å². The first kappa shape index (κ1) is 17.8. The monoisotopic (exact) mass is 390 g/mol. The number of hydrogen-bond acceptors (Lipinski definition) is 8. The number of aromatic nitrogens is 4. The van der Waals surface area contributed by atoms with Gasteiger partial charge in [-0.15, -0.1) is 0 Å². The molecule has 4 rings (SSSR count). The molecule has 3 heterocycles. The average molecular weight is 390 g/mol. The van der Waals surface area contributed by atoms with E-state index in [0.29, 0.717) is 38.1 Å². The van der Waals surface area contributed by atoms with Crippen molar-refractivity contribution in [3.8, 4) is 11.4 Å². The predicted molar refractivity (Wildman–Crippen MR) is 99.0 cm³/mol. The van der Waals surface area contributed by atoms with Crippen LogP contribution in [0.4, 0.5) is 14.6 Å². The number of nitrogen functional groups attached to an aromatic ring is 1. The van der Waals surface area contributed by atoms with Gasteiger partial charge in [0.1, 0.15) is 26.8 Å². The van der Waals surface area contributed by atoms with Crippen molar-refractivity contribution < 1.29 is 13.9 Å². The highest BCUT2D eigenvalue weighted by Gasteiger charge is 2.50. The van der Waals surface area contributed by atoms with Crippen LogP contribution >= 0.6 is 11.3 Å². The molecule has 0 unspecified atom stereocenters. The van der Waals surface area contributed by atoms with Gasteiger partial charge in [0, 0.05) is 36.5 Å². The van der Waals surface area contributed by atoms with Gasteiger partial charge in [-0.05, 0) is 18.9 Å². The molecule has 1 aliphatic carbocycles. The molecule has 0 atom stereocenters. The predicted octanol–water partition coefficient (Wildman–Crippen LogP) is 2.64. The van der Waals surface area contributed by atoms with Crippen molar-refractivity contribution >= 4 is 33.7 Å². The van der Waals surface area contributed by atoms with Crippen molar-refractivity contribution in [2.24, 2.45) is 10.9 Å². The van der Waals surface area contributed by atoms with E-state index in [0.717, 1.165) is 0 Å². The van der Waals surface area contributed by atoms with Crippen LogP contribution in [0, 0.1) is 5.92 Å². The zero-order valence-electron chi connectivity index (χ0n) is 14.3. The van der Waals surface area contributed by atoms with Gasteiger partial charge in [-0.2, -0.15) is 0 Å². The molecule has 0 amide bonds. The minimum atomic E-state index is -2.43. The largest absolute Gasteiger partial charge is 0.383 e. The van der Waals surface area contributed by atoms with E-state index in [4.69, 9.17) is 5.73 Å². The molecule has 7 nitrogen and oxygen atoms in total. The number of halogens is 2. The van der Waals surface area contributed by atoms with Gasteiger partial charge in [-0.3, -0.25) is 4.99 Å². The van der Waals surface area contributed by atoms with Crippen molar-refractivity contribution in [3.05, 3.63) is 29.0 Å². The number of aliphatic hydroxyl groups is 1. The van der Waals surface area contributed by atoms with Gasteiger partial charge in [0.25, 0.3) is 0 Å². The van der Waals surface area contributed by atoms with Crippen LogP contribution in [0.5, 0.6) is 0 Å². The number of fused-ring (bicyclic) bond motifs is 1. The Morgan fingerprint density at radius 2 is 2.11 bits per heavy atom. The number of pyridine rings is 1. The number of aliphatic imine (C=N–C) groups is 1. The second kappa shape index (κ2) is 6.54. The summed E-state index contributed by atoms with van der Waals surface area (Å²) in [6.07, 6.45) is 2.30. The summed E-state index contributed by atoms with van der Waals surface area (Å²) in [5.41, 5.74) is 6.35. The van der Waals surface area contributed by atoms with Gasteiger partial charge in [0.15, 0.2) is 5.82 Å². The van der Waals surface area contributed by atoms with Crippen molar-refractivity contribution in [1.29, 1.82) is 0 Å². The van der Waals surface area contributed by atoms with E-state index in [1.54, 1.807) is 31.7 Å². The summed E-state index contributed by atoms with van der Waals surface area (Å²) in [5, 5.41) is 10.9. The summed E-state index contributed by atoms with van der Waals surface area (Å²) in [6.45, 7) is 0. The molecule has 0 saturated heterocycles. The highest BCUT2D eigenvalue weighted by molar-refractivity contribution is 7.18. The maximum absolute atomic E-state index is 12.7. The lowest BCUT2D eigenvalue weighted by molar-refractivity contribution is -0.126. The number of alkyl halides is 2. The molecule has 10 heteroatoms. The third-order valence-electron chi connectivity index (χ3n) is 4.58. The van der Waals surface area contributed by atoms with Gasteiger partial charge in [0.05, 0.1) is 6.20 Å². The maximum atomic E-state index is 12.7. The minimum absolute atomic E-state index is 0.00632. The Balaban J connectivity index is 1.67. The molecule has 140 valence electrons. The van der Waals surface area contributed by atoms with E-state index in [-0.39, 0.29) is 12.8 Å². The average Bonchev–Trinajstić information content (AvgIpc) is 3.04. The Bertz CT molecular complexity index is 1030. The first-order valence-corrected chi connectivity index (χ1v) is 9.04. The van der Waals surface area contributed by atoms with Crippen molar-refractivity contribution in [2.45, 2.75) is 24.9 Å². The molecule has 3 aromatic rings. The Morgan fingerprint density at radius 3 is 2.81 bits per heavy atom. The Kier molecular flexibility index (Phi) is 4.31. The Morgan fingerprint density at radius 1 is 1.33 bits per heavy atom. The van der Waals surface area contributed by atoms with E-state index in [1.807, 2.05) is 0 Å². The summed E-state index contributed by atoms with van der Waals surface area (Å²) in [5.74, 6) is -0.00327. The van der Waals surface area contributed by atoms with Crippen LogP contribution < -0.4 is 5.73 Å². The smallest absolute Gasteiger partial charge is 0.241 e. The third kappa shape index (κ3) is 3.15. The zero-order chi connectivity index (χ0) is 19.2. The topological polar surface area (TPSA) is 110 Å². The SMILES string of the molecule is CN=Cc1cc(-c2ncc3nc(C4(O)CC(C(F)F)C4)sc3n2)cnc1N. The van der Waals surface area contributed by atoms with Crippen LogP contribution in [-0.2, 0) is 5.60 Å². The molecule has 3 aromatic heterocycles. The quantitative estimate of drug-likeness (QED) is 0.663. The molecule has 3 N–H and O–H groups in total. The first-order valence-electron chi connectivity index (χ1n) is 8.22. The summed E-state index contributed by atoms with van der Waals surface area (Å²) in [7, 11) is 1.64. The summed E-state index contributed by atoms with van der Waals surface area (Å²) >= 11 is 1.19. The molecule has 0 aromatic carbocycles. The molecule has 0 spiro atoms. The number of thiazole rings is 1. The fourth-order valence-electron chi connectivity index (χ4n) is 3.09. The number of nitrogens with zero attached hydrogens (tertiary/aromatic N) is 5. The van der Waals surface area contributed by atoms with Gasteiger partial charge in [-0.25, -0.2) is 28.7 Å². The molecule has 1 fully saturated rings. The van der Waals surface area contributed by atoms with Gasteiger partial charge >= 0.3 is 0 Å². The second-order valence-corrected chi connectivity index (χ2v) is 7.50. The molecule has 0 bridgehead atoms. The number of hydrogen-bond donors (Lipinski definition) is 2. The van der Waals surface area contributed by atoms with E-state index in [2.05, 4.69) is 24.9 Å². The fraction of sp³-hybridized carbons (Fsp3) is 0.353. The molecule has 1 saturated carbocycles. The summed E-state index contributed by atoms with van der Waals surface area (Å²) < 4.78 is 25.5. The fourth-order valence-corrected chi connectivity index (χ4v) is 4.11. The number of rotatable bonds is 4. The van der Waals surface area contributed by atoms with Crippen LogP contribution in [0.1, 0.15) is 23.4 Å². The third-order valence-corrected chi connectivity index (χ3v) is 5.74. The highest BCUT2D eigenvalue weighted by Crippen LogP contribution is 2.49. The molecule has 0 aliphatic heterocycles. The van der Waals surface area contributed by atoms with E-state index < -0.39 is 17.9 Å². The molecule has 0 radical (unpaired) electrons. The van der Waals surface area contributed by atoms with Crippen LogP contribution in [-0.4, -0.2) is 44.7 Å². The minimum Gasteiger partial charge on any atom is -0.383 e. The molecule has 1 aliphatic rings. The lowest BCUT2D eigenvalue weighted by Crippen LogP contribution is -2.43. The van der Waals surface area contributed by atoms with Crippen LogP contribution in [0.3, 0.4) is 0 Å². The van der Waals surface area contributed by atoms with Crippen molar-refractivity contribution in [3.63, 3.8) is 0 Å². The van der Waals surface area contributed by atoms with Gasteiger partial charge in [-0.1, -0.05) is 11.3 Å². The summed E-state index contributed by atoms with van der Waals surface area (Å²) in [4.78, 5) is 21.8. The number of nitrogens with two attached hydrogens (primary N) is 1. The van der Waals surface area contributed by atoms with Crippen LogP contribution in [0.2, 0.25) is 0 Å². The number of anilines is 1. The molecule has 27 heavy (non-hydrogen) atoms.